The van der Waals surface area contributed by atoms with E-state index in [1.54, 1.807) is 0 Å². The Hall–Kier alpha value is -0.820. The van der Waals surface area contributed by atoms with Crippen LogP contribution in [0.3, 0.4) is 0 Å². The van der Waals surface area contributed by atoms with Crippen molar-refractivity contribution in [1.29, 1.82) is 0 Å². The maximum Gasteiger partial charge on any atom is 0.0823 e. The van der Waals surface area contributed by atoms with Crippen molar-refractivity contribution < 1.29 is 5.11 Å². The Morgan fingerprint density at radius 2 is 2.36 bits per heavy atom. The lowest BCUT2D eigenvalue weighted by molar-refractivity contribution is 0.182. The summed E-state index contributed by atoms with van der Waals surface area (Å²) in [5, 5.41) is 9.50. The van der Waals surface area contributed by atoms with Crippen LogP contribution in [0, 0.1) is 5.92 Å². The van der Waals surface area contributed by atoms with Crippen molar-refractivity contribution in [2.24, 2.45) is 5.92 Å². The minimum atomic E-state index is -0.409. The molecule has 0 spiro atoms. The van der Waals surface area contributed by atoms with Crippen LogP contribution in [0.25, 0.3) is 0 Å². The Balaban J connectivity index is 2.83. The summed E-state index contributed by atoms with van der Waals surface area (Å²) in [6.07, 6.45) is 4.23. The molecule has 1 aliphatic rings. The average molecular weight is 150 g/mol. The second kappa shape index (κ2) is 3.05. The number of aliphatic hydroxyl groups excluding tert-OH is 1. The quantitative estimate of drug-likeness (QED) is 0.567. The second-order valence-corrected chi connectivity index (χ2v) is 3.11. The van der Waals surface area contributed by atoms with Gasteiger partial charge in [0.25, 0.3) is 0 Å². The van der Waals surface area contributed by atoms with E-state index in [-0.39, 0.29) is 5.92 Å². The molecule has 1 aliphatic carbocycles. The highest BCUT2D eigenvalue weighted by Crippen LogP contribution is 2.28. The molecule has 1 heteroatoms. The molecule has 0 bridgehead atoms. The zero-order valence-electron chi connectivity index (χ0n) is 6.88. The van der Waals surface area contributed by atoms with Crippen LogP contribution in [0.5, 0.6) is 0 Å². The van der Waals surface area contributed by atoms with Crippen molar-refractivity contribution in [1.82, 2.24) is 0 Å². The lowest BCUT2D eigenvalue weighted by Gasteiger charge is -2.26. The third kappa shape index (κ3) is 1.60. The summed E-state index contributed by atoms with van der Waals surface area (Å²) in [5.74, 6) is 0.0694. The highest BCUT2D eigenvalue weighted by molar-refractivity contribution is 5.25. The van der Waals surface area contributed by atoms with Gasteiger partial charge < -0.3 is 5.11 Å². The van der Waals surface area contributed by atoms with E-state index in [0.29, 0.717) is 0 Å². The van der Waals surface area contributed by atoms with Gasteiger partial charge in [-0.1, -0.05) is 36.5 Å². The topological polar surface area (TPSA) is 20.2 Å². The molecule has 2 unspecified atom stereocenters. The number of aliphatic hydroxyl groups is 1. The third-order valence-corrected chi connectivity index (χ3v) is 2.03. The molecule has 0 amide bonds. The number of rotatable bonds is 1. The first-order valence-corrected chi connectivity index (χ1v) is 3.80. The normalized spacial score (nSPS) is 30.5. The van der Waals surface area contributed by atoms with Crippen LogP contribution >= 0.6 is 0 Å². The van der Waals surface area contributed by atoms with E-state index in [1.165, 1.54) is 0 Å². The molecule has 60 valence electrons. The van der Waals surface area contributed by atoms with E-state index in [9.17, 15) is 5.11 Å². The van der Waals surface area contributed by atoms with Gasteiger partial charge in [-0.05, 0) is 13.3 Å². The van der Waals surface area contributed by atoms with Gasteiger partial charge in [0.05, 0.1) is 6.10 Å². The molecule has 11 heavy (non-hydrogen) atoms. The highest BCUT2D eigenvalue weighted by atomic mass is 16.3. The van der Waals surface area contributed by atoms with E-state index in [1.807, 2.05) is 19.1 Å². The highest BCUT2D eigenvalue weighted by Gasteiger charge is 2.22. The number of hydrogen-bond donors (Lipinski definition) is 1. The predicted octanol–water partition coefficient (Wildman–Crippen LogP) is 2.06. The number of hydrogen-bond acceptors (Lipinski definition) is 1. The molecule has 1 nitrogen and oxygen atoms in total. The van der Waals surface area contributed by atoms with Gasteiger partial charge in [0, 0.05) is 5.92 Å². The summed E-state index contributed by atoms with van der Waals surface area (Å²) in [4.78, 5) is 0. The van der Waals surface area contributed by atoms with Crippen LogP contribution in [-0.4, -0.2) is 11.2 Å². The summed E-state index contributed by atoms with van der Waals surface area (Å²) in [6, 6.07) is 0. The number of allylic oxidation sites excluding steroid dienone is 1. The molecule has 0 saturated heterocycles. The van der Waals surface area contributed by atoms with Gasteiger partial charge in [0.2, 0.25) is 0 Å². The van der Waals surface area contributed by atoms with E-state index < -0.39 is 6.10 Å². The van der Waals surface area contributed by atoms with Gasteiger partial charge >= 0.3 is 0 Å². The Morgan fingerprint density at radius 3 is 2.73 bits per heavy atom. The zero-order valence-corrected chi connectivity index (χ0v) is 6.88. The van der Waals surface area contributed by atoms with E-state index in [0.717, 1.165) is 17.6 Å². The summed E-state index contributed by atoms with van der Waals surface area (Å²) in [7, 11) is 0. The largest absolute Gasteiger partial charge is 0.388 e. The Bertz CT molecular complexity index is 213. The van der Waals surface area contributed by atoms with Gasteiger partial charge in [-0.15, -0.1) is 0 Å². The molecule has 0 heterocycles. The molecule has 0 aliphatic heterocycles. The maximum absolute atomic E-state index is 9.50. The first-order valence-electron chi connectivity index (χ1n) is 3.80. The van der Waals surface area contributed by atoms with Crippen molar-refractivity contribution in [2.45, 2.75) is 19.4 Å². The molecule has 0 aromatic rings. The van der Waals surface area contributed by atoms with Gasteiger partial charge in [-0.2, -0.15) is 0 Å². The van der Waals surface area contributed by atoms with Crippen LogP contribution in [0.2, 0.25) is 0 Å². The molecule has 0 fully saturated rings. The first-order chi connectivity index (χ1) is 5.13. The van der Waals surface area contributed by atoms with E-state index in [2.05, 4.69) is 13.2 Å². The van der Waals surface area contributed by atoms with Crippen LogP contribution in [0.4, 0.5) is 0 Å². The van der Waals surface area contributed by atoms with Gasteiger partial charge in [-0.25, -0.2) is 0 Å². The van der Waals surface area contributed by atoms with Crippen molar-refractivity contribution >= 4 is 0 Å². The van der Waals surface area contributed by atoms with Crippen LogP contribution < -0.4 is 0 Å². The third-order valence-electron chi connectivity index (χ3n) is 2.03. The molecule has 0 aromatic carbocycles. The minimum Gasteiger partial charge on any atom is -0.388 e. The van der Waals surface area contributed by atoms with E-state index in [4.69, 9.17) is 0 Å². The van der Waals surface area contributed by atoms with E-state index >= 15 is 0 Å². The monoisotopic (exact) mass is 150 g/mol. The minimum absolute atomic E-state index is 0.0694. The van der Waals surface area contributed by atoms with Crippen LogP contribution in [0.15, 0.2) is 36.5 Å². The Kier molecular flexibility index (Phi) is 2.30. The van der Waals surface area contributed by atoms with Crippen LogP contribution in [-0.2, 0) is 0 Å². The Labute approximate surface area is 67.7 Å². The van der Waals surface area contributed by atoms with Crippen molar-refractivity contribution in [3.63, 3.8) is 0 Å². The fraction of sp³-hybridized carbons (Fsp3) is 0.400. The average Bonchev–Trinajstić information content (AvgIpc) is 1.85. The fourth-order valence-electron chi connectivity index (χ4n) is 1.48. The molecule has 0 radical (unpaired) electrons. The molecule has 1 rings (SSSR count). The molecule has 2 atom stereocenters. The predicted molar refractivity (Wildman–Crippen MR) is 47.2 cm³/mol. The fourth-order valence-corrected chi connectivity index (χ4v) is 1.48. The summed E-state index contributed by atoms with van der Waals surface area (Å²) in [5.41, 5.74) is 2.05. The first kappa shape index (κ1) is 8.28. The molecule has 1 N–H and O–H groups in total. The zero-order chi connectivity index (χ0) is 8.43. The smallest absolute Gasteiger partial charge is 0.0823 e. The summed E-state index contributed by atoms with van der Waals surface area (Å²) >= 11 is 0. The van der Waals surface area contributed by atoms with Crippen molar-refractivity contribution in [3.05, 3.63) is 36.5 Å². The summed E-state index contributed by atoms with van der Waals surface area (Å²) < 4.78 is 0. The SMILES string of the molecule is C=C(C)C1C(=C)CC=CC1O. The molecular weight excluding hydrogens is 136 g/mol. The van der Waals surface area contributed by atoms with Gasteiger partial charge in [-0.3, -0.25) is 0 Å². The maximum atomic E-state index is 9.50. The molecule has 0 aromatic heterocycles. The molecule has 0 saturated carbocycles. The van der Waals surface area contributed by atoms with Crippen molar-refractivity contribution in [3.8, 4) is 0 Å². The molecular formula is C10H14O. The summed E-state index contributed by atoms with van der Waals surface area (Å²) in [6.45, 7) is 9.65. The Morgan fingerprint density at radius 1 is 1.73 bits per heavy atom. The lowest BCUT2D eigenvalue weighted by atomic mass is 9.83. The standard InChI is InChI=1S/C10H14O/c1-7(2)10-8(3)5-4-6-9(10)11/h4,6,9-11H,1,3,5H2,2H3. The van der Waals surface area contributed by atoms with Crippen LogP contribution in [0.1, 0.15) is 13.3 Å². The van der Waals surface area contributed by atoms with Gasteiger partial charge in [0.1, 0.15) is 0 Å². The van der Waals surface area contributed by atoms with Crippen molar-refractivity contribution in [2.75, 3.05) is 0 Å². The second-order valence-electron chi connectivity index (χ2n) is 3.11. The van der Waals surface area contributed by atoms with Gasteiger partial charge in [0.15, 0.2) is 0 Å². The lowest BCUT2D eigenvalue weighted by Crippen LogP contribution is -2.23.